The van der Waals surface area contributed by atoms with E-state index in [1.165, 1.54) is 0 Å². The van der Waals surface area contributed by atoms with E-state index in [9.17, 15) is 13.2 Å². The van der Waals surface area contributed by atoms with Crippen LogP contribution in [0.15, 0.2) is 89.8 Å². The van der Waals surface area contributed by atoms with Gasteiger partial charge in [0.05, 0.1) is 16.7 Å². The predicted octanol–water partition coefficient (Wildman–Crippen LogP) is 4.79. The molecule has 1 atom stereocenters. The van der Waals surface area contributed by atoms with Crippen LogP contribution < -0.4 is 5.32 Å². The first kappa shape index (κ1) is 20.8. The molecule has 4 nitrogen and oxygen atoms in total. The molecule has 0 saturated heterocycles. The number of carbonyl (C=O) groups excluding carboxylic acids is 1. The third-order valence-electron chi connectivity index (χ3n) is 4.79. The molecule has 0 aliphatic carbocycles. The molecule has 0 aliphatic rings. The van der Waals surface area contributed by atoms with E-state index in [4.69, 9.17) is 0 Å². The Labute approximate surface area is 172 Å². The van der Waals surface area contributed by atoms with Gasteiger partial charge in [0.2, 0.25) is 0 Å². The second-order valence-corrected chi connectivity index (χ2v) is 9.36. The Balaban J connectivity index is 1.72. The lowest BCUT2D eigenvalue weighted by molar-refractivity contribution is 0.0925. The van der Waals surface area contributed by atoms with E-state index in [1.807, 2.05) is 30.3 Å². The summed E-state index contributed by atoms with van der Waals surface area (Å²) in [5, 5.41) is 3.09. The predicted molar refractivity (Wildman–Crippen MR) is 115 cm³/mol. The zero-order valence-corrected chi connectivity index (χ0v) is 17.4. The van der Waals surface area contributed by atoms with Crippen LogP contribution in [-0.4, -0.2) is 14.3 Å². The first-order chi connectivity index (χ1) is 13.9. The van der Waals surface area contributed by atoms with Crippen LogP contribution in [0.25, 0.3) is 0 Å². The normalized spacial score (nSPS) is 12.5. The average molecular weight is 408 g/mol. The lowest BCUT2D eigenvalue weighted by Crippen LogP contribution is -2.31. The van der Waals surface area contributed by atoms with E-state index < -0.39 is 9.84 Å². The summed E-state index contributed by atoms with van der Waals surface area (Å²) < 4.78 is 25.0. The van der Waals surface area contributed by atoms with Gasteiger partial charge in [-0.25, -0.2) is 8.42 Å². The molecule has 150 valence electrons. The summed E-state index contributed by atoms with van der Waals surface area (Å²) in [5.41, 5.74) is 2.21. The van der Waals surface area contributed by atoms with Crippen molar-refractivity contribution in [3.63, 3.8) is 0 Å². The van der Waals surface area contributed by atoms with Gasteiger partial charge in [-0.05, 0) is 41.3 Å². The van der Waals surface area contributed by atoms with Crippen molar-refractivity contribution in [2.24, 2.45) is 5.92 Å². The lowest BCUT2D eigenvalue weighted by atomic mass is 9.95. The minimum Gasteiger partial charge on any atom is -0.345 e. The van der Waals surface area contributed by atoms with Crippen molar-refractivity contribution < 1.29 is 13.2 Å². The minimum absolute atomic E-state index is 0.0955. The van der Waals surface area contributed by atoms with Crippen LogP contribution in [0.2, 0.25) is 0 Å². The van der Waals surface area contributed by atoms with Crippen LogP contribution in [0.3, 0.4) is 0 Å². The van der Waals surface area contributed by atoms with Gasteiger partial charge >= 0.3 is 0 Å². The van der Waals surface area contributed by atoms with Crippen molar-refractivity contribution in [1.82, 2.24) is 5.32 Å². The van der Waals surface area contributed by atoms with E-state index in [0.29, 0.717) is 16.0 Å². The summed E-state index contributed by atoms with van der Waals surface area (Å²) in [5.74, 6) is -0.0426. The largest absolute Gasteiger partial charge is 0.345 e. The monoisotopic (exact) mass is 407 g/mol. The summed E-state index contributed by atoms with van der Waals surface area (Å²) in [7, 11) is -3.41. The molecule has 0 fully saturated rings. The molecule has 1 N–H and O–H groups in total. The van der Waals surface area contributed by atoms with Gasteiger partial charge in [0.1, 0.15) is 0 Å². The summed E-state index contributed by atoms with van der Waals surface area (Å²) in [4.78, 5) is 13.0. The molecule has 0 radical (unpaired) electrons. The van der Waals surface area contributed by atoms with Crippen LogP contribution in [0.5, 0.6) is 0 Å². The molecule has 0 bridgehead atoms. The highest BCUT2D eigenvalue weighted by molar-refractivity contribution is 7.90. The van der Waals surface area contributed by atoms with Crippen molar-refractivity contribution in [2.75, 3.05) is 0 Å². The molecule has 0 aromatic heterocycles. The van der Waals surface area contributed by atoms with Crippen molar-refractivity contribution in [2.45, 2.75) is 30.5 Å². The highest BCUT2D eigenvalue weighted by atomic mass is 32.2. The Morgan fingerprint density at radius 1 is 0.828 bits per heavy atom. The molecular formula is C24H25NO3S. The topological polar surface area (TPSA) is 63.2 Å². The molecule has 1 amide bonds. The van der Waals surface area contributed by atoms with Gasteiger partial charge in [0.15, 0.2) is 9.84 Å². The van der Waals surface area contributed by atoms with Gasteiger partial charge in [-0.2, -0.15) is 0 Å². The molecule has 3 aromatic rings. The molecule has 0 heterocycles. The van der Waals surface area contributed by atoms with Crippen LogP contribution in [-0.2, 0) is 15.6 Å². The van der Waals surface area contributed by atoms with E-state index in [0.717, 1.165) is 5.56 Å². The van der Waals surface area contributed by atoms with Gasteiger partial charge in [-0.1, -0.05) is 74.5 Å². The number of sulfone groups is 1. The molecule has 0 spiro atoms. The zero-order valence-electron chi connectivity index (χ0n) is 16.6. The van der Waals surface area contributed by atoms with Gasteiger partial charge in [-0.3, -0.25) is 4.79 Å². The molecule has 3 rings (SSSR count). The summed E-state index contributed by atoms with van der Waals surface area (Å²) in [6.07, 6.45) is 0. The van der Waals surface area contributed by atoms with E-state index in [1.54, 1.807) is 54.6 Å². The second kappa shape index (κ2) is 9.05. The Hall–Kier alpha value is -2.92. The molecule has 3 aromatic carbocycles. The Bertz CT molecular complexity index is 1040. The van der Waals surface area contributed by atoms with E-state index in [2.05, 4.69) is 19.2 Å². The van der Waals surface area contributed by atoms with Crippen molar-refractivity contribution in [3.05, 3.63) is 102 Å². The molecule has 5 heteroatoms. The number of amides is 1. The number of carbonyl (C=O) groups is 1. The number of nitrogens with one attached hydrogen (secondary N) is 1. The first-order valence-corrected chi connectivity index (χ1v) is 11.2. The third kappa shape index (κ3) is 5.33. The maximum Gasteiger partial charge on any atom is 0.251 e. The fourth-order valence-electron chi connectivity index (χ4n) is 3.20. The van der Waals surface area contributed by atoms with Crippen molar-refractivity contribution in [3.8, 4) is 0 Å². The molecular weight excluding hydrogens is 382 g/mol. The smallest absolute Gasteiger partial charge is 0.251 e. The Kier molecular flexibility index (Phi) is 6.49. The maximum absolute atomic E-state index is 12.7. The van der Waals surface area contributed by atoms with Crippen LogP contribution in [0.1, 0.15) is 41.4 Å². The van der Waals surface area contributed by atoms with Gasteiger partial charge in [-0.15, -0.1) is 0 Å². The van der Waals surface area contributed by atoms with Gasteiger partial charge in [0.25, 0.3) is 5.91 Å². The lowest BCUT2D eigenvalue weighted by Gasteiger charge is -2.23. The maximum atomic E-state index is 12.7. The SMILES string of the molecule is CC(C)C(NC(=O)c1ccc(CS(=O)(=O)c2ccccc2)cc1)c1ccccc1. The van der Waals surface area contributed by atoms with Gasteiger partial charge in [0, 0.05) is 5.56 Å². The molecule has 0 aliphatic heterocycles. The van der Waals surface area contributed by atoms with Crippen LogP contribution in [0.4, 0.5) is 0 Å². The Morgan fingerprint density at radius 2 is 1.38 bits per heavy atom. The molecule has 1 unspecified atom stereocenters. The molecule has 29 heavy (non-hydrogen) atoms. The molecule has 0 saturated carbocycles. The van der Waals surface area contributed by atoms with E-state index in [-0.39, 0.29) is 23.6 Å². The van der Waals surface area contributed by atoms with Crippen molar-refractivity contribution >= 4 is 15.7 Å². The standard InChI is InChI=1S/C24H25NO3S/c1-18(2)23(20-9-5-3-6-10-20)25-24(26)21-15-13-19(14-16-21)17-29(27,28)22-11-7-4-8-12-22/h3-16,18,23H,17H2,1-2H3,(H,25,26). The van der Waals surface area contributed by atoms with Crippen LogP contribution in [0, 0.1) is 5.92 Å². The highest BCUT2D eigenvalue weighted by Crippen LogP contribution is 2.22. The van der Waals surface area contributed by atoms with Crippen molar-refractivity contribution in [1.29, 1.82) is 0 Å². The average Bonchev–Trinajstić information content (AvgIpc) is 2.73. The number of hydrogen-bond acceptors (Lipinski definition) is 3. The van der Waals surface area contributed by atoms with E-state index >= 15 is 0 Å². The fraction of sp³-hybridized carbons (Fsp3) is 0.208. The van der Waals surface area contributed by atoms with Gasteiger partial charge < -0.3 is 5.32 Å². The quantitative estimate of drug-likeness (QED) is 0.613. The fourth-order valence-corrected chi connectivity index (χ4v) is 4.57. The first-order valence-electron chi connectivity index (χ1n) is 9.59. The third-order valence-corrected chi connectivity index (χ3v) is 6.49. The van der Waals surface area contributed by atoms with Crippen LogP contribution >= 0.6 is 0 Å². The number of hydrogen-bond donors (Lipinski definition) is 1. The summed E-state index contributed by atoms with van der Waals surface area (Å²) >= 11 is 0. The summed E-state index contributed by atoms with van der Waals surface area (Å²) in [6, 6.07) is 24.9. The zero-order chi connectivity index (χ0) is 20.9. The Morgan fingerprint density at radius 3 is 1.93 bits per heavy atom. The summed E-state index contributed by atoms with van der Waals surface area (Å²) in [6.45, 7) is 4.13. The minimum atomic E-state index is -3.41. The number of rotatable bonds is 7. The highest BCUT2D eigenvalue weighted by Gasteiger charge is 2.19. The second-order valence-electron chi connectivity index (χ2n) is 7.37. The number of benzene rings is 3.